The van der Waals surface area contributed by atoms with Crippen LogP contribution >= 0.6 is 11.6 Å². The smallest absolute Gasteiger partial charge is 0.404 e. The lowest BCUT2D eigenvalue weighted by Gasteiger charge is -2.29. The summed E-state index contributed by atoms with van der Waals surface area (Å²) in [6, 6.07) is 0.0293. The Morgan fingerprint density at radius 2 is 2.00 bits per heavy atom. The summed E-state index contributed by atoms with van der Waals surface area (Å²) in [5.74, 6) is -0.454. The zero-order valence-electron chi connectivity index (χ0n) is 10.1. The number of carboxylic acid groups (broad SMARTS) is 1. The molecule has 1 amide bonds. The maximum Gasteiger partial charge on any atom is 0.404 e. The van der Waals surface area contributed by atoms with Crippen molar-refractivity contribution in [1.29, 1.82) is 0 Å². The molecule has 0 bridgehead atoms. The minimum atomic E-state index is -1.01. The van der Waals surface area contributed by atoms with Gasteiger partial charge < -0.3 is 15.7 Å². The molecule has 0 atom stereocenters. The minimum Gasteiger partial charge on any atom is -0.465 e. The number of carbonyl (C=O) groups is 1. The average Bonchev–Trinajstić information content (AvgIpc) is 2.35. The number of halogens is 2. The fourth-order valence-corrected chi connectivity index (χ4v) is 2.33. The van der Waals surface area contributed by atoms with Gasteiger partial charge in [-0.3, -0.25) is 0 Å². The van der Waals surface area contributed by atoms with Crippen molar-refractivity contribution in [1.82, 2.24) is 15.3 Å². The number of nitrogens with zero attached hydrogens (tertiary/aromatic N) is 2. The monoisotopic (exact) mass is 288 g/mol. The second-order valence-electron chi connectivity index (χ2n) is 4.48. The fourth-order valence-electron chi connectivity index (χ4n) is 2.20. The van der Waals surface area contributed by atoms with E-state index in [4.69, 9.17) is 16.7 Å². The minimum absolute atomic E-state index is 0.00914. The normalized spacial score (nSPS) is 22.8. The Balaban J connectivity index is 1.88. The third-order valence-corrected chi connectivity index (χ3v) is 3.29. The van der Waals surface area contributed by atoms with Crippen LogP contribution in [0.4, 0.5) is 15.0 Å². The Bertz CT molecular complexity index is 466. The average molecular weight is 289 g/mol. The lowest BCUT2D eigenvalue weighted by Crippen LogP contribution is -2.39. The van der Waals surface area contributed by atoms with Crippen LogP contribution in [0.5, 0.6) is 0 Å². The topological polar surface area (TPSA) is 87.1 Å². The van der Waals surface area contributed by atoms with Gasteiger partial charge >= 0.3 is 6.09 Å². The van der Waals surface area contributed by atoms with Gasteiger partial charge in [0.1, 0.15) is 0 Å². The van der Waals surface area contributed by atoms with Gasteiger partial charge in [0.2, 0.25) is 5.28 Å². The van der Waals surface area contributed by atoms with E-state index in [1.54, 1.807) is 0 Å². The molecule has 104 valence electrons. The Kier molecular flexibility index (Phi) is 4.36. The van der Waals surface area contributed by atoms with Crippen LogP contribution in [-0.2, 0) is 0 Å². The first-order chi connectivity index (χ1) is 9.04. The lowest BCUT2D eigenvalue weighted by molar-refractivity contribution is 0.185. The van der Waals surface area contributed by atoms with Gasteiger partial charge in [0.15, 0.2) is 11.6 Å². The molecule has 0 radical (unpaired) electrons. The van der Waals surface area contributed by atoms with Crippen LogP contribution in [-0.4, -0.2) is 33.3 Å². The molecule has 19 heavy (non-hydrogen) atoms. The third-order valence-electron chi connectivity index (χ3n) is 3.11. The first-order valence-electron chi connectivity index (χ1n) is 5.98. The number of nitrogens with one attached hydrogen (secondary N) is 2. The first-order valence-corrected chi connectivity index (χ1v) is 6.36. The molecule has 1 saturated carbocycles. The predicted octanol–water partition coefficient (Wildman–Crippen LogP) is 2.26. The van der Waals surface area contributed by atoms with Crippen molar-refractivity contribution < 1.29 is 14.3 Å². The van der Waals surface area contributed by atoms with Crippen molar-refractivity contribution in [2.45, 2.75) is 37.8 Å². The summed E-state index contributed by atoms with van der Waals surface area (Å²) in [4.78, 5) is 17.8. The second kappa shape index (κ2) is 6.01. The molecule has 1 heterocycles. The van der Waals surface area contributed by atoms with Crippen LogP contribution in [0, 0.1) is 5.82 Å². The number of rotatable bonds is 3. The predicted molar refractivity (Wildman–Crippen MR) is 67.8 cm³/mol. The van der Waals surface area contributed by atoms with Gasteiger partial charge in [-0.1, -0.05) is 0 Å². The van der Waals surface area contributed by atoms with Crippen molar-refractivity contribution in [3.63, 3.8) is 0 Å². The maximum atomic E-state index is 13.4. The summed E-state index contributed by atoms with van der Waals surface area (Å²) in [5.41, 5.74) is 0. The molecule has 0 unspecified atom stereocenters. The van der Waals surface area contributed by atoms with Crippen molar-refractivity contribution in [3.05, 3.63) is 17.3 Å². The molecule has 0 saturated heterocycles. The molecule has 6 nitrogen and oxygen atoms in total. The molecule has 1 aliphatic rings. The number of hydrogen-bond acceptors (Lipinski definition) is 4. The van der Waals surface area contributed by atoms with Crippen LogP contribution in [0.25, 0.3) is 0 Å². The van der Waals surface area contributed by atoms with E-state index < -0.39 is 11.9 Å². The number of anilines is 1. The van der Waals surface area contributed by atoms with E-state index in [2.05, 4.69) is 20.6 Å². The van der Waals surface area contributed by atoms with Crippen LogP contribution in [0.2, 0.25) is 5.28 Å². The summed E-state index contributed by atoms with van der Waals surface area (Å²) in [6.45, 7) is 0. The Morgan fingerprint density at radius 3 is 2.63 bits per heavy atom. The van der Waals surface area contributed by atoms with E-state index in [9.17, 15) is 9.18 Å². The number of aromatic nitrogens is 2. The molecule has 3 N–H and O–H groups in total. The van der Waals surface area contributed by atoms with E-state index in [0.717, 1.165) is 19.0 Å². The lowest BCUT2D eigenvalue weighted by atomic mass is 9.91. The van der Waals surface area contributed by atoms with Gasteiger partial charge in [0.25, 0.3) is 0 Å². The fraction of sp³-hybridized carbons (Fsp3) is 0.545. The van der Waals surface area contributed by atoms with Crippen LogP contribution < -0.4 is 10.6 Å². The quantitative estimate of drug-likeness (QED) is 0.743. The van der Waals surface area contributed by atoms with Gasteiger partial charge in [0, 0.05) is 12.1 Å². The van der Waals surface area contributed by atoms with Crippen LogP contribution in [0.3, 0.4) is 0 Å². The standard InChI is InChI=1S/C11H14ClFN4O2/c12-10-14-5-8(13)9(17-10)15-6-1-3-7(4-2-6)16-11(18)19/h5-7,16H,1-4H2,(H,18,19)(H,14,15,17)/t6-,7-. The molecule has 0 spiro atoms. The zero-order valence-corrected chi connectivity index (χ0v) is 10.8. The third kappa shape index (κ3) is 3.92. The van der Waals surface area contributed by atoms with Gasteiger partial charge in [-0.05, 0) is 37.3 Å². The molecular formula is C11H14ClFN4O2. The molecule has 1 aliphatic carbocycles. The number of hydrogen-bond donors (Lipinski definition) is 3. The second-order valence-corrected chi connectivity index (χ2v) is 4.82. The molecule has 1 aromatic heterocycles. The van der Waals surface area contributed by atoms with E-state index in [-0.39, 0.29) is 23.2 Å². The Labute approximate surface area is 114 Å². The van der Waals surface area contributed by atoms with Gasteiger partial charge in [0.05, 0.1) is 6.20 Å². The molecular weight excluding hydrogens is 275 g/mol. The summed E-state index contributed by atoms with van der Waals surface area (Å²) < 4.78 is 13.4. The zero-order chi connectivity index (χ0) is 13.8. The van der Waals surface area contributed by atoms with Crippen molar-refractivity contribution in [3.8, 4) is 0 Å². The molecule has 8 heteroatoms. The largest absolute Gasteiger partial charge is 0.465 e. The highest BCUT2D eigenvalue weighted by atomic mass is 35.5. The van der Waals surface area contributed by atoms with Crippen LogP contribution in [0.1, 0.15) is 25.7 Å². The van der Waals surface area contributed by atoms with E-state index >= 15 is 0 Å². The van der Waals surface area contributed by atoms with Gasteiger partial charge in [-0.15, -0.1) is 0 Å². The summed E-state index contributed by atoms with van der Waals surface area (Å²) >= 11 is 5.61. The molecule has 1 aromatic rings. The van der Waals surface area contributed by atoms with Crippen molar-refractivity contribution in [2.75, 3.05) is 5.32 Å². The number of amides is 1. The van der Waals surface area contributed by atoms with E-state index in [1.165, 1.54) is 0 Å². The molecule has 0 aliphatic heterocycles. The highest BCUT2D eigenvalue weighted by Crippen LogP contribution is 2.23. The Hall–Kier alpha value is -1.63. The van der Waals surface area contributed by atoms with Gasteiger partial charge in [-0.2, -0.15) is 4.98 Å². The highest BCUT2D eigenvalue weighted by molar-refractivity contribution is 6.28. The summed E-state index contributed by atoms with van der Waals surface area (Å²) in [5, 5.41) is 14.0. The highest BCUT2D eigenvalue weighted by Gasteiger charge is 2.23. The van der Waals surface area contributed by atoms with Crippen LogP contribution in [0.15, 0.2) is 6.20 Å². The molecule has 0 aromatic carbocycles. The molecule has 2 rings (SSSR count). The Morgan fingerprint density at radius 1 is 1.37 bits per heavy atom. The SMILES string of the molecule is O=C(O)N[C@H]1CC[C@H](Nc2nc(Cl)ncc2F)CC1. The summed E-state index contributed by atoms with van der Waals surface area (Å²) in [7, 11) is 0. The molecule has 1 fully saturated rings. The maximum absolute atomic E-state index is 13.4. The van der Waals surface area contributed by atoms with E-state index in [1.807, 2.05) is 0 Å². The van der Waals surface area contributed by atoms with Crippen molar-refractivity contribution >= 4 is 23.5 Å². The van der Waals surface area contributed by atoms with Gasteiger partial charge in [-0.25, -0.2) is 14.2 Å². The van der Waals surface area contributed by atoms with E-state index in [0.29, 0.717) is 12.8 Å². The first kappa shape index (κ1) is 13.8. The summed E-state index contributed by atoms with van der Waals surface area (Å²) in [6.07, 6.45) is 2.92. The van der Waals surface area contributed by atoms with Crippen molar-refractivity contribution in [2.24, 2.45) is 0 Å².